The average molecular weight is 598 g/mol. The van der Waals surface area contributed by atoms with E-state index in [1.165, 1.54) is 67.8 Å². The summed E-state index contributed by atoms with van der Waals surface area (Å²) in [7, 11) is 1.29. The Morgan fingerprint density at radius 1 is 0.927 bits per heavy atom. The predicted molar refractivity (Wildman–Crippen MR) is 151 cm³/mol. The van der Waals surface area contributed by atoms with Crippen LogP contribution in [0.15, 0.2) is 71.4 Å². The van der Waals surface area contributed by atoms with E-state index in [0.29, 0.717) is 5.69 Å². The topological polar surface area (TPSA) is 151 Å². The highest BCUT2D eigenvalue weighted by atomic mass is 35.5. The third-order valence-electron chi connectivity index (χ3n) is 5.85. The Kier molecular flexibility index (Phi) is 8.60. The number of methoxy groups -OCH3 is 1. The quantitative estimate of drug-likeness (QED) is 0.231. The number of ether oxygens (including phenoxy) is 2. The van der Waals surface area contributed by atoms with Crippen molar-refractivity contribution >= 4 is 69.9 Å². The van der Waals surface area contributed by atoms with Gasteiger partial charge >= 0.3 is 11.9 Å². The van der Waals surface area contributed by atoms with E-state index in [1.807, 2.05) is 0 Å². The van der Waals surface area contributed by atoms with Gasteiger partial charge < -0.3 is 25.2 Å². The molecule has 0 saturated heterocycles. The van der Waals surface area contributed by atoms with Crippen LogP contribution in [0.4, 0.5) is 17.1 Å². The summed E-state index contributed by atoms with van der Waals surface area (Å²) >= 11 is 12.3. The number of carboxylic acid groups (broad SMARTS) is 1. The van der Waals surface area contributed by atoms with Gasteiger partial charge in [0.2, 0.25) is 0 Å². The van der Waals surface area contributed by atoms with Gasteiger partial charge in [0.25, 0.3) is 17.7 Å². The van der Waals surface area contributed by atoms with Gasteiger partial charge in [-0.25, -0.2) is 14.5 Å². The largest absolute Gasteiger partial charge is 0.496 e. The number of hydrogen-bond acceptors (Lipinski definition) is 8. The van der Waals surface area contributed by atoms with Crippen LogP contribution in [-0.4, -0.2) is 48.5 Å². The molecular weight excluding hydrogens is 577 g/mol. The Morgan fingerprint density at radius 3 is 2.15 bits per heavy atom. The average Bonchev–Trinajstić information content (AvgIpc) is 3.17. The summed E-state index contributed by atoms with van der Waals surface area (Å²) in [6, 6.07) is 14.1. The van der Waals surface area contributed by atoms with Crippen molar-refractivity contribution in [2.75, 3.05) is 29.3 Å². The lowest BCUT2D eigenvalue weighted by Crippen LogP contribution is -2.32. The van der Waals surface area contributed by atoms with E-state index >= 15 is 0 Å². The number of hydrogen-bond donors (Lipinski definition) is 3. The number of carboxylic acids is 1. The maximum Gasteiger partial charge on any atom is 0.339 e. The van der Waals surface area contributed by atoms with Crippen molar-refractivity contribution in [1.29, 1.82) is 0 Å². The number of anilines is 3. The molecule has 0 saturated carbocycles. The smallest absolute Gasteiger partial charge is 0.339 e. The molecule has 0 bridgehead atoms. The highest BCUT2D eigenvalue weighted by Gasteiger charge is 2.39. The molecule has 0 spiro atoms. The van der Waals surface area contributed by atoms with Gasteiger partial charge in [-0.05, 0) is 61.5 Å². The molecule has 1 aliphatic heterocycles. The Hall–Kier alpha value is -4.87. The van der Waals surface area contributed by atoms with Crippen LogP contribution in [-0.2, 0) is 14.3 Å². The third-order valence-corrected chi connectivity index (χ3v) is 6.51. The van der Waals surface area contributed by atoms with Crippen LogP contribution < -0.4 is 20.3 Å². The Morgan fingerprint density at radius 2 is 1.56 bits per heavy atom. The fraction of sp³-hybridized carbons (Fsp3) is 0.107. The normalized spacial score (nSPS) is 12.8. The van der Waals surface area contributed by atoms with Crippen LogP contribution in [0.1, 0.15) is 38.0 Å². The zero-order valence-electron chi connectivity index (χ0n) is 21.5. The number of halogens is 2. The van der Waals surface area contributed by atoms with Gasteiger partial charge in [0.05, 0.1) is 35.7 Å². The van der Waals surface area contributed by atoms with Gasteiger partial charge in [-0.2, -0.15) is 0 Å². The van der Waals surface area contributed by atoms with Crippen molar-refractivity contribution in [3.05, 3.63) is 93.1 Å². The first kappa shape index (κ1) is 29.1. The molecule has 3 N–H and O–H groups in total. The number of amides is 3. The number of benzene rings is 3. The molecule has 3 aromatic carbocycles. The van der Waals surface area contributed by atoms with E-state index in [-0.39, 0.29) is 56.2 Å². The molecule has 1 aliphatic rings. The van der Waals surface area contributed by atoms with Crippen molar-refractivity contribution in [1.82, 2.24) is 0 Å². The maximum atomic E-state index is 13.1. The number of nitrogens with one attached hydrogen (secondary N) is 2. The molecule has 13 heteroatoms. The molecule has 0 fully saturated rings. The molecule has 1 heterocycles. The van der Waals surface area contributed by atoms with Crippen LogP contribution in [0.2, 0.25) is 5.02 Å². The second kappa shape index (κ2) is 12.1. The first-order valence-corrected chi connectivity index (χ1v) is 12.7. The minimum absolute atomic E-state index is 0.000847. The summed E-state index contributed by atoms with van der Waals surface area (Å²) in [4.78, 5) is 62.7. The van der Waals surface area contributed by atoms with E-state index in [0.717, 1.165) is 4.90 Å². The summed E-state index contributed by atoms with van der Waals surface area (Å²) in [5.41, 5.74) is 0.859. The highest BCUT2D eigenvalue weighted by Crippen LogP contribution is 2.32. The van der Waals surface area contributed by atoms with Crippen LogP contribution >= 0.6 is 23.2 Å². The summed E-state index contributed by atoms with van der Waals surface area (Å²) in [5.74, 6) is -3.77. The molecule has 41 heavy (non-hydrogen) atoms. The fourth-order valence-electron chi connectivity index (χ4n) is 3.84. The molecule has 4 rings (SSSR count). The number of carbonyl (C=O) groups excluding carboxylic acids is 4. The number of rotatable bonds is 9. The number of nitrogens with zero attached hydrogens (tertiary/aromatic N) is 1. The van der Waals surface area contributed by atoms with Gasteiger partial charge in [-0.15, -0.1) is 0 Å². The number of esters is 1. The van der Waals surface area contributed by atoms with Crippen molar-refractivity contribution < 1.29 is 38.6 Å². The van der Waals surface area contributed by atoms with E-state index < -0.39 is 29.7 Å². The summed E-state index contributed by atoms with van der Waals surface area (Å²) < 4.78 is 10.00. The van der Waals surface area contributed by atoms with Gasteiger partial charge in [0.15, 0.2) is 0 Å². The zero-order valence-corrected chi connectivity index (χ0v) is 23.0. The summed E-state index contributed by atoms with van der Waals surface area (Å²) in [5, 5.41) is 14.3. The summed E-state index contributed by atoms with van der Waals surface area (Å²) in [6.45, 7) is 1.88. The molecular formula is C28H21Cl2N3O8. The third kappa shape index (κ3) is 6.01. The van der Waals surface area contributed by atoms with Crippen molar-refractivity contribution in [3.63, 3.8) is 0 Å². The van der Waals surface area contributed by atoms with Crippen molar-refractivity contribution in [3.8, 4) is 5.75 Å². The summed E-state index contributed by atoms with van der Waals surface area (Å²) in [6.07, 6.45) is 0. The second-order valence-electron chi connectivity index (χ2n) is 8.40. The first-order valence-electron chi connectivity index (χ1n) is 11.9. The fourth-order valence-corrected chi connectivity index (χ4v) is 4.26. The SMILES string of the molecule is CCOC(=O)c1ccc(N2C(=O)C(Cl)=C(Nc3ccc(C(=O)Nc4cc(OC)c(C(=O)O)cc4Cl)cc3)C2=O)cc1. The molecule has 11 nitrogen and oxygen atoms in total. The molecule has 0 unspecified atom stereocenters. The standard InChI is InChI=1S/C28H21Cl2N3O8/c1-3-41-28(39)15-6-10-17(11-7-15)33-25(35)22(30)23(26(33)36)31-16-8-4-14(5-9-16)24(34)32-20-13-21(40-2)18(27(37)38)12-19(20)29/h4-13,31H,3H2,1-2H3,(H,32,34)(H,37,38). The minimum atomic E-state index is -1.24. The lowest BCUT2D eigenvalue weighted by molar-refractivity contribution is -0.120. The van der Waals surface area contributed by atoms with Crippen molar-refractivity contribution in [2.45, 2.75) is 6.92 Å². The molecule has 3 aromatic rings. The molecule has 0 radical (unpaired) electrons. The van der Waals surface area contributed by atoms with Gasteiger partial charge in [-0.1, -0.05) is 23.2 Å². The van der Waals surface area contributed by atoms with Gasteiger partial charge in [0, 0.05) is 17.3 Å². The Labute approximate surface area is 243 Å². The highest BCUT2D eigenvalue weighted by molar-refractivity contribution is 6.53. The Bertz CT molecular complexity index is 1600. The molecule has 0 atom stereocenters. The van der Waals surface area contributed by atoms with E-state index in [2.05, 4.69) is 10.6 Å². The molecule has 210 valence electrons. The van der Waals surface area contributed by atoms with Crippen molar-refractivity contribution in [2.24, 2.45) is 0 Å². The monoisotopic (exact) mass is 597 g/mol. The van der Waals surface area contributed by atoms with Gasteiger partial charge in [-0.3, -0.25) is 14.4 Å². The predicted octanol–water partition coefficient (Wildman–Crippen LogP) is 4.91. The second-order valence-corrected chi connectivity index (χ2v) is 9.18. The first-order chi connectivity index (χ1) is 19.5. The van der Waals surface area contributed by atoms with E-state index in [9.17, 15) is 29.1 Å². The maximum absolute atomic E-state index is 13.1. The van der Waals surface area contributed by atoms with E-state index in [4.69, 9.17) is 32.7 Å². The van der Waals surface area contributed by atoms with Crippen LogP contribution in [0, 0.1) is 0 Å². The lowest BCUT2D eigenvalue weighted by Gasteiger charge is -2.15. The van der Waals surface area contributed by atoms with Crippen LogP contribution in [0.5, 0.6) is 5.75 Å². The van der Waals surface area contributed by atoms with Crippen LogP contribution in [0.3, 0.4) is 0 Å². The number of carbonyl (C=O) groups is 5. The van der Waals surface area contributed by atoms with E-state index in [1.54, 1.807) is 6.92 Å². The number of aromatic carboxylic acids is 1. The van der Waals surface area contributed by atoms with Crippen LogP contribution in [0.25, 0.3) is 0 Å². The lowest BCUT2D eigenvalue weighted by atomic mass is 10.1. The number of imide groups is 1. The van der Waals surface area contributed by atoms with Gasteiger partial charge in [0.1, 0.15) is 22.0 Å². The minimum Gasteiger partial charge on any atom is -0.496 e. The zero-order chi connectivity index (χ0) is 29.8. The molecule has 0 aromatic heterocycles. The molecule has 0 aliphatic carbocycles. The molecule has 3 amide bonds. The Balaban J connectivity index is 1.46.